The first-order valence-corrected chi connectivity index (χ1v) is 10.8. The third kappa shape index (κ3) is 7.80. The molecule has 0 aliphatic carbocycles. The van der Waals surface area contributed by atoms with Gasteiger partial charge in [0, 0.05) is 5.69 Å². The molecule has 3 nitrogen and oxygen atoms in total. The summed E-state index contributed by atoms with van der Waals surface area (Å²) in [5.41, 5.74) is 0.940. The standard InChI is InChI=1S/C23H37NO2/c1-2-3-4-5-6-7-8-9-10-11-12-16-19-22-20-24(23(25)26-22)21-17-14-13-15-18-21/h13-15,17-18,22H,2-12,16,19-20H2,1H3. The van der Waals surface area contributed by atoms with Crippen molar-refractivity contribution in [2.24, 2.45) is 0 Å². The number of amides is 1. The van der Waals surface area contributed by atoms with Gasteiger partial charge in [-0.05, 0) is 25.0 Å². The van der Waals surface area contributed by atoms with E-state index in [1.165, 1.54) is 70.6 Å². The Morgan fingerprint density at radius 2 is 1.38 bits per heavy atom. The number of anilines is 1. The molecule has 0 saturated carbocycles. The normalized spacial score (nSPS) is 16.9. The fourth-order valence-electron chi connectivity index (χ4n) is 3.70. The van der Waals surface area contributed by atoms with Gasteiger partial charge >= 0.3 is 6.09 Å². The van der Waals surface area contributed by atoms with Gasteiger partial charge in [0.15, 0.2) is 0 Å². The average Bonchev–Trinajstić information content (AvgIpc) is 3.04. The van der Waals surface area contributed by atoms with Crippen LogP contribution in [0.4, 0.5) is 10.5 Å². The Kier molecular flexibility index (Phi) is 10.2. The molecule has 146 valence electrons. The molecule has 0 spiro atoms. The average molecular weight is 360 g/mol. The zero-order valence-electron chi connectivity index (χ0n) is 16.6. The third-order valence-corrected chi connectivity index (χ3v) is 5.32. The first-order chi connectivity index (χ1) is 12.8. The fraction of sp³-hybridized carbons (Fsp3) is 0.696. The summed E-state index contributed by atoms with van der Waals surface area (Å²) in [5.74, 6) is 0. The van der Waals surface area contributed by atoms with Gasteiger partial charge in [-0.25, -0.2) is 4.79 Å². The van der Waals surface area contributed by atoms with Crippen LogP contribution in [0.25, 0.3) is 0 Å². The van der Waals surface area contributed by atoms with Gasteiger partial charge in [-0.3, -0.25) is 4.90 Å². The highest BCUT2D eigenvalue weighted by atomic mass is 16.6. The summed E-state index contributed by atoms with van der Waals surface area (Å²) in [6, 6.07) is 9.82. The van der Waals surface area contributed by atoms with Crippen LogP contribution in [0.15, 0.2) is 30.3 Å². The molecule has 2 rings (SSSR count). The predicted molar refractivity (Wildman–Crippen MR) is 110 cm³/mol. The lowest BCUT2D eigenvalue weighted by molar-refractivity contribution is 0.135. The Balaban J connectivity index is 1.44. The quantitative estimate of drug-likeness (QED) is 0.331. The molecule has 1 saturated heterocycles. The molecule has 1 atom stereocenters. The summed E-state index contributed by atoms with van der Waals surface area (Å²) in [4.78, 5) is 13.8. The van der Waals surface area contributed by atoms with E-state index in [1.54, 1.807) is 4.90 Å². The molecule has 1 unspecified atom stereocenters. The maximum Gasteiger partial charge on any atom is 0.414 e. The first kappa shape index (κ1) is 20.8. The van der Waals surface area contributed by atoms with Crippen molar-refractivity contribution in [1.29, 1.82) is 0 Å². The van der Waals surface area contributed by atoms with Gasteiger partial charge in [0.05, 0.1) is 6.54 Å². The summed E-state index contributed by atoms with van der Waals surface area (Å²) in [5, 5.41) is 0. The minimum Gasteiger partial charge on any atom is -0.444 e. The maximum absolute atomic E-state index is 12.0. The number of para-hydroxylation sites is 1. The molecule has 0 N–H and O–H groups in total. The number of carbonyl (C=O) groups excluding carboxylic acids is 1. The van der Waals surface area contributed by atoms with E-state index in [4.69, 9.17) is 4.74 Å². The summed E-state index contributed by atoms with van der Waals surface area (Å²) in [7, 11) is 0. The van der Waals surface area contributed by atoms with E-state index >= 15 is 0 Å². The number of ether oxygens (including phenoxy) is 1. The number of hydrogen-bond donors (Lipinski definition) is 0. The molecule has 1 heterocycles. The van der Waals surface area contributed by atoms with Crippen LogP contribution in [0, 0.1) is 0 Å². The highest BCUT2D eigenvalue weighted by Gasteiger charge is 2.31. The van der Waals surface area contributed by atoms with E-state index in [-0.39, 0.29) is 12.2 Å². The summed E-state index contributed by atoms with van der Waals surface area (Å²) in [6.45, 7) is 2.97. The van der Waals surface area contributed by atoms with Crippen LogP contribution in [-0.4, -0.2) is 18.7 Å². The number of rotatable bonds is 14. The molecule has 1 aliphatic heterocycles. The second kappa shape index (κ2) is 12.8. The van der Waals surface area contributed by atoms with Crippen molar-refractivity contribution in [3.05, 3.63) is 30.3 Å². The van der Waals surface area contributed by atoms with Gasteiger partial charge in [-0.1, -0.05) is 95.8 Å². The van der Waals surface area contributed by atoms with E-state index < -0.39 is 0 Å². The first-order valence-electron chi connectivity index (χ1n) is 10.8. The van der Waals surface area contributed by atoms with Gasteiger partial charge in [-0.15, -0.1) is 0 Å². The number of hydrogen-bond acceptors (Lipinski definition) is 2. The number of cyclic esters (lactones) is 1. The Morgan fingerprint density at radius 3 is 1.96 bits per heavy atom. The number of carbonyl (C=O) groups is 1. The van der Waals surface area contributed by atoms with Crippen LogP contribution < -0.4 is 4.90 Å². The van der Waals surface area contributed by atoms with Crippen molar-refractivity contribution in [1.82, 2.24) is 0 Å². The summed E-state index contributed by atoms with van der Waals surface area (Å²) in [6.07, 6.45) is 17.2. The van der Waals surface area contributed by atoms with Crippen LogP contribution in [-0.2, 0) is 4.74 Å². The van der Waals surface area contributed by atoms with Crippen LogP contribution in [0.5, 0.6) is 0 Å². The van der Waals surface area contributed by atoms with Crippen molar-refractivity contribution in [3.8, 4) is 0 Å². The minimum absolute atomic E-state index is 0.0610. The molecule has 1 fully saturated rings. The van der Waals surface area contributed by atoms with Crippen LogP contribution in [0.2, 0.25) is 0 Å². The lowest BCUT2D eigenvalue weighted by atomic mass is 10.0. The van der Waals surface area contributed by atoms with Gasteiger partial charge in [0.1, 0.15) is 6.10 Å². The molecule has 3 heteroatoms. The van der Waals surface area contributed by atoms with Gasteiger partial charge in [0.2, 0.25) is 0 Å². The second-order valence-electron chi connectivity index (χ2n) is 7.63. The van der Waals surface area contributed by atoms with Crippen molar-refractivity contribution in [2.45, 2.75) is 96.5 Å². The monoisotopic (exact) mass is 359 g/mol. The van der Waals surface area contributed by atoms with Crippen molar-refractivity contribution >= 4 is 11.8 Å². The SMILES string of the molecule is CCCCCCCCCCCCCCC1CN(c2ccccc2)C(=O)O1. The zero-order valence-corrected chi connectivity index (χ0v) is 16.6. The minimum atomic E-state index is -0.194. The predicted octanol–water partition coefficient (Wildman–Crippen LogP) is 7.10. The molecular formula is C23H37NO2. The lowest BCUT2D eigenvalue weighted by Crippen LogP contribution is -2.24. The van der Waals surface area contributed by atoms with E-state index in [1.807, 2.05) is 30.3 Å². The summed E-state index contributed by atoms with van der Waals surface area (Å²) >= 11 is 0. The Hall–Kier alpha value is -1.51. The number of benzene rings is 1. The highest BCUT2D eigenvalue weighted by molar-refractivity contribution is 5.89. The largest absolute Gasteiger partial charge is 0.444 e. The van der Waals surface area contributed by atoms with E-state index in [0.29, 0.717) is 6.54 Å². The van der Waals surface area contributed by atoms with Crippen LogP contribution >= 0.6 is 0 Å². The Labute approximate surface area is 160 Å². The molecular weight excluding hydrogens is 322 g/mol. The maximum atomic E-state index is 12.0. The van der Waals surface area contributed by atoms with Crippen molar-refractivity contribution < 1.29 is 9.53 Å². The molecule has 0 aromatic heterocycles. The molecule has 1 aromatic rings. The third-order valence-electron chi connectivity index (χ3n) is 5.32. The molecule has 1 amide bonds. The highest BCUT2D eigenvalue weighted by Crippen LogP contribution is 2.23. The Morgan fingerprint density at radius 1 is 0.846 bits per heavy atom. The van der Waals surface area contributed by atoms with E-state index in [9.17, 15) is 4.79 Å². The van der Waals surface area contributed by atoms with Gasteiger partial charge < -0.3 is 4.74 Å². The van der Waals surface area contributed by atoms with E-state index in [0.717, 1.165) is 18.5 Å². The molecule has 1 aliphatic rings. The summed E-state index contributed by atoms with van der Waals surface area (Å²) < 4.78 is 5.52. The number of nitrogens with zero attached hydrogens (tertiary/aromatic N) is 1. The molecule has 1 aromatic carbocycles. The van der Waals surface area contributed by atoms with Crippen molar-refractivity contribution in [3.63, 3.8) is 0 Å². The topological polar surface area (TPSA) is 29.5 Å². The Bertz CT molecular complexity index is 488. The van der Waals surface area contributed by atoms with Crippen molar-refractivity contribution in [2.75, 3.05) is 11.4 Å². The smallest absolute Gasteiger partial charge is 0.414 e. The van der Waals surface area contributed by atoms with E-state index in [2.05, 4.69) is 6.92 Å². The van der Waals surface area contributed by atoms with Gasteiger partial charge in [-0.2, -0.15) is 0 Å². The number of unbranched alkanes of at least 4 members (excludes halogenated alkanes) is 11. The second-order valence-corrected chi connectivity index (χ2v) is 7.63. The van der Waals surface area contributed by atoms with Crippen LogP contribution in [0.1, 0.15) is 90.4 Å². The zero-order chi connectivity index (χ0) is 18.5. The van der Waals surface area contributed by atoms with Gasteiger partial charge in [0.25, 0.3) is 0 Å². The lowest BCUT2D eigenvalue weighted by Gasteiger charge is -2.12. The molecule has 0 radical (unpaired) electrons. The molecule has 26 heavy (non-hydrogen) atoms. The molecule has 0 bridgehead atoms. The van der Waals surface area contributed by atoms with Crippen LogP contribution in [0.3, 0.4) is 0 Å². The fourth-order valence-corrected chi connectivity index (χ4v) is 3.70.